The first-order valence-corrected chi connectivity index (χ1v) is 9.33. The summed E-state index contributed by atoms with van der Waals surface area (Å²) in [5.74, 6) is 0. The molecule has 5 nitrogen and oxygen atoms in total. The molecule has 2 aromatic rings. The first kappa shape index (κ1) is 20.3. The average molecular weight is 411 g/mol. The summed E-state index contributed by atoms with van der Waals surface area (Å²) in [5.41, 5.74) is -0.358. The normalized spacial score (nSPS) is 14.6. The van der Waals surface area contributed by atoms with Crippen molar-refractivity contribution in [3.05, 3.63) is 51.8 Å². The summed E-state index contributed by atoms with van der Waals surface area (Å²) < 4.78 is 40.9. The number of alkyl halides is 3. The van der Waals surface area contributed by atoms with E-state index in [0.717, 1.165) is 19.3 Å². The van der Waals surface area contributed by atoms with Crippen LogP contribution in [0.2, 0.25) is 0 Å². The van der Waals surface area contributed by atoms with E-state index in [0.29, 0.717) is 19.0 Å². The summed E-state index contributed by atoms with van der Waals surface area (Å²) in [7, 11) is 0. The van der Waals surface area contributed by atoms with Crippen molar-refractivity contribution in [1.29, 1.82) is 0 Å². The highest BCUT2D eigenvalue weighted by Crippen LogP contribution is 2.34. The van der Waals surface area contributed by atoms with E-state index in [1.165, 1.54) is 34.5 Å². The summed E-state index contributed by atoms with van der Waals surface area (Å²) in [6.07, 6.45) is 2.62. The quantitative estimate of drug-likeness (QED) is 0.483. The van der Waals surface area contributed by atoms with E-state index in [9.17, 15) is 22.8 Å². The van der Waals surface area contributed by atoms with Crippen molar-refractivity contribution in [1.82, 2.24) is 9.29 Å². The number of aromatic amines is 1. The molecule has 0 atom stereocenters. The molecule has 2 amide bonds. The molecule has 1 heterocycles. The number of urea groups is 1. The van der Waals surface area contributed by atoms with Gasteiger partial charge in [0.05, 0.1) is 5.56 Å². The Morgan fingerprint density at radius 3 is 2.71 bits per heavy atom. The number of amides is 2. The number of halogens is 3. The van der Waals surface area contributed by atoms with Gasteiger partial charge in [0, 0.05) is 29.2 Å². The van der Waals surface area contributed by atoms with Gasteiger partial charge in [0.25, 0.3) is 0 Å². The monoisotopic (exact) mass is 411 g/mol. The van der Waals surface area contributed by atoms with Crippen molar-refractivity contribution in [3.8, 4) is 0 Å². The first-order chi connectivity index (χ1) is 13.2. The number of hydrogen-bond acceptors (Lipinski definition) is 3. The topological polar surface area (TPSA) is 65.2 Å². The summed E-state index contributed by atoms with van der Waals surface area (Å²) in [6, 6.07) is 3.93. The Balaban J connectivity index is 1.74. The number of hydrogen-bond donors (Lipinski definition) is 3. The van der Waals surface area contributed by atoms with Crippen LogP contribution >= 0.6 is 12.8 Å². The Morgan fingerprint density at radius 1 is 1.25 bits per heavy atom. The minimum Gasteiger partial charge on any atom is -0.322 e. The van der Waals surface area contributed by atoms with Gasteiger partial charge in [0.1, 0.15) is 0 Å². The first-order valence-electron chi connectivity index (χ1n) is 8.93. The highest BCUT2D eigenvalue weighted by molar-refractivity contribution is 7.78. The van der Waals surface area contributed by atoms with Crippen LogP contribution in [0.1, 0.15) is 37.7 Å². The third-order valence-electron chi connectivity index (χ3n) is 4.66. The van der Waals surface area contributed by atoms with Crippen LogP contribution in [0.5, 0.6) is 0 Å². The van der Waals surface area contributed by atoms with Crippen LogP contribution in [-0.2, 0) is 6.18 Å². The number of thiol groups is 1. The van der Waals surface area contributed by atoms with Crippen molar-refractivity contribution in [2.45, 2.75) is 38.3 Å². The molecule has 1 aromatic heterocycles. The number of rotatable bonds is 4. The Hall–Kier alpha value is -2.42. The van der Waals surface area contributed by atoms with Gasteiger partial charge >= 0.3 is 12.2 Å². The third-order valence-corrected chi connectivity index (χ3v) is 5.05. The van der Waals surface area contributed by atoms with Gasteiger partial charge in [-0.3, -0.25) is 9.10 Å². The highest BCUT2D eigenvalue weighted by atomic mass is 32.1. The van der Waals surface area contributed by atoms with Gasteiger partial charge in [-0.15, -0.1) is 0 Å². The summed E-state index contributed by atoms with van der Waals surface area (Å²) in [5, 5.41) is 2.35. The molecule has 0 bridgehead atoms. The van der Waals surface area contributed by atoms with Gasteiger partial charge in [-0.25, -0.2) is 4.79 Å². The molecule has 1 aliphatic rings. The van der Waals surface area contributed by atoms with Crippen LogP contribution in [-0.4, -0.2) is 21.9 Å². The van der Waals surface area contributed by atoms with Crippen LogP contribution in [0, 0.1) is 0 Å². The molecule has 1 aromatic carbocycles. The van der Waals surface area contributed by atoms with Crippen LogP contribution in [0.25, 0.3) is 10.9 Å². The SMILES string of the molecule is O=C(Nc1ccc2[nH]c(=O)cc(C(F)(F)F)c2c1)N(S)CCC1=CCCCC1. The van der Waals surface area contributed by atoms with Crippen LogP contribution in [0.3, 0.4) is 0 Å². The molecule has 0 unspecified atom stereocenters. The molecule has 28 heavy (non-hydrogen) atoms. The van der Waals surface area contributed by atoms with E-state index in [2.05, 4.69) is 29.2 Å². The fourth-order valence-corrected chi connectivity index (χ4v) is 3.39. The molecule has 0 fully saturated rings. The number of benzene rings is 1. The predicted octanol–water partition coefficient (Wildman–Crippen LogP) is 5.12. The molecule has 9 heteroatoms. The van der Waals surface area contributed by atoms with Gasteiger partial charge in [-0.05, 0) is 50.3 Å². The lowest BCUT2D eigenvalue weighted by Crippen LogP contribution is -2.28. The molecule has 150 valence electrons. The Bertz CT molecular complexity index is 969. The number of aromatic nitrogens is 1. The maximum Gasteiger partial charge on any atom is 0.417 e. The maximum atomic E-state index is 13.2. The van der Waals surface area contributed by atoms with E-state index in [1.54, 1.807) is 0 Å². The molecule has 3 rings (SSSR count). The van der Waals surface area contributed by atoms with Gasteiger partial charge in [-0.2, -0.15) is 13.2 Å². The van der Waals surface area contributed by atoms with Crippen LogP contribution < -0.4 is 10.9 Å². The highest BCUT2D eigenvalue weighted by Gasteiger charge is 2.33. The van der Waals surface area contributed by atoms with E-state index in [4.69, 9.17) is 0 Å². The zero-order valence-corrected chi connectivity index (χ0v) is 15.9. The molecular weight excluding hydrogens is 391 g/mol. The van der Waals surface area contributed by atoms with Crippen LogP contribution in [0.4, 0.5) is 23.7 Å². The Kier molecular flexibility index (Phi) is 6.02. The van der Waals surface area contributed by atoms with Crippen LogP contribution in [0.15, 0.2) is 40.7 Å². The lowest BCUT2D eigenvalue weighted by molar-refractivity contribution is -0.136. The second-order valence-corrected chi connectivity index (χ2v) is 7.20. The lowest BCUT2D eigenvalue weighted by atomic mass is 9.97. The number of fused-ring (bicyclic) bond motifs is 1. The number of pyridine rings is 1. The number of nitrogens with zero attached hydrogens (tertiary/aromatic N) is 1. The maximum absolute atomic E-state index is 13.2. The average Bonchev–Trinajstić information content (AvgIpc) is 2.65. The largest absolute Gasteiger partial charge is 0.417 e. The molecule has 2 N–H and O–H groups in total. The number of allylic oxidation sites excluding steroid dienone is 1. The third kappa shape index (κ3) is 4.89. The number of carbonyl (C=O) groups excluding carboxylic acids is 1. The summed E-state index contributed by atoms with van der Waals surface area (Å²) in [4.78, 5) is 26.1. The molecule has 0 saturated carbocycles. The van der Waals surface area contributed by atoms with E-state index >= 15 is 0 Å². The number of anilines is 1. The molecule has 0 aliphatic heterocycles. The van der Waals surface area contributed by atoms with Gasteiger partial charge in [-0.1, -0.05) is 24.5 Å². The predicted molar refractivity (Wildman–Crippen MR) is 105 cm³/mol. The molecule has 1 aliphatic carbocycles. The fraction of sp³-hybridized carbons (Fsp3) is 0.368. The second kappa shape index (κ2) is 8.30. The van der Waals surface area contributed by atoms with E-state index in [-0.39, 0.29) is 16.6 Å². The van der Waals surface area contributed by atoms with Crippen molar-refractivity contribution >= 4 is 35.4 Å². The lowest BCUT2D eigenvalue weighted by Gasteiger charge is -2.19. The van der Waals surface area contributed by atoms with Gasteiger partial charge < -0.3 is 10.3 Å². The Morgan fingerprint density at radius 2 is 2.04 bits per heavy atom. The van der Waals surface area contributed by atoms with Gasteiger partial charge in [0.2, 0.25) is 5.56 Å². The fourth-order valence-electron chi connectivity index (χ4n) is 3.24. The zero-order valence-electron chi connectivity index (χ0n) is 15.0. The smallest absolute Gasteiger partial charge is 0.322 e. The van der Waals surface area contributed by atoms with E-state index in [1.807, 2.05) is 0 Å². The molecular formula is C19H20F3N3O2S. The molecule has 0 saturated heterocycles. The van der Waals surface area contributed by atoms with E-state index < -0.39 is 23.3 Å². The summed E-state index contributed by atoms with van der Waals surface area (Å²) >= 11 is 4.17. The second-order valence-electron chi connectivity index (χ2n) is 6.72. The number of nitrogens with one attached hydrogen (secondary N) is 2. The van der Waals surface area contributed by atoms with Crippen molar-refractivity contribution in [2.75, 3.05) is 11.9 Å². The van der Waals surface area contributed by atoms with Gasteiger partial charge in [0.15, 0.2) is 0 Å². The number of carbonyl (C=O) groups is 1. The van der Waals surface area contributed by atoms with Crippen molar-refractivity contribution < 1.29 is 18.0 Å². The number of H-pyrrole nitrogens is 1. The Labute approximate surface area is 165 Å². The zero-order chi connectivity index (χ0) is 20.3. The minimum absolute atomic E-state index is 0.0461. The minimum atomic E-state index is -4.68. The van der Waals surface area contributed by atoms with Crippen molar-refractivity contribution in [2.24, 2.45) is 0 Å². The molecule has 0 radical (unpaired) electrons. The molecule has 0 spiro atoms. The summed E-state index contributed by atoms with van der Waals surface area (Å²) in [6.45, 7) is 0.398. The van der Waals surface area contributed by atoms with Crippen molar-refractivity contribution in [3.63, 3.8) is 0 Å². The standard InChI is InChI=1S/C19H20F3N3O2S/c20-19(21,22)15-11-17(26)24-16-7-6-13(10-14(15)16)23-18(27)25(28)9-8-12-4-2-1-3-5-12/h4,6-7,10-11,28H,1-3,5,8-9H2,(H,23,27)(H,24,26).